The zero-order valence-electron chi connectivity index (χ0n) is 12.7. The van der Waals surface area contributed by atoms with E-state index in [1.54, 1.807) is 11.3 Å². The average Bonchev–Trinajstić information content (AvgIpc) is 3.00. The summed E-state index contributed by atoms with van der Waals surface area (Å²) in [5.41, 5.74) is 0.925. The lowest BCUT2D eigenvalue weighted by atomic mass is 9.88. The Morgan fingerprint density at radius 1 is 1.33 bits per heavy atom. The maximum atomic E-state index is 9.94. The van der Waals surface area contributed by atoms with E-state index in [1.165, 1.54) is 19.3 Å². The number of nitrogens with one attached hydrogen (secondary N) is 1. The van der Waals surface area contributed by atoms with Crippen molar-refractivity contribution in [2.24, 2.45) is 5.92 Å². The third-order valence-electron chi connectivity index (χ3n) is 4.18. The van der Waals surface area contributed by atoms with Gasteiger partial charge in [0, 0.05) is 13.1 Å². The quantitative estimate of drug-likeness (QED) is 0.689. The van der Waals surface area contributed by atoms with Crippen LogP contribution in [-0.4, -0.2) is 42.1 Å². The highest BCUT2D eigenvalue weighted by atomic mass is 32.1. The van der Waals surface area contributed by atoms with Crippen molar-refractivity contribution in [3.05, 3.63) is 22.4 Å². The van der Waals surface area contributed by atoms with E-state index in [0.717, 1.165) is 12.0 Å². The van der Waals surface area contributed by atoms with Crippen LogP contribution in [0.15, 0.2) is 16.8 Å². The van der Waals surface area contributed by atoms with Gasteiger partial charge in [-0.3, -0.25) is 0 Å². The second kappa shape index (κ2) is 8.86. The molecule has 1 saturated carbocycles. The maximum Gasteiger partial charge on any atom is 0.0922 e. The van der Waals surface area contributed by atoms with Gasteiger partial charge in [-0.25, -0.2) is 0 Å². The molecule has 3 N–H and O–H groups in total. The lowest BCUT2D eigenvalue weighted by Crippen LogP contribution is -2.35. The van der Waals surface area contributed by atoms with Crippen molar-refractivity contribution in [2.45, 2.75) is 50.9 Å². The minimum absolute atomic E-state index is 0.296. The highest BCUT2D eigenvalue weighted by Crippen LogP contribution is 2.26. The van der Waals surface area contributed by atoms with Gasteiger partial charge in [0.2, 0.25) is 0 Å². The molecule has 0 saturated heterocycles. The summed E-state index contributed by atoms with van der Waals surface area (Å²) in [5, 5.41) is 26.9. The first-order valence-electron chi connectivity index (χ1n) is 7.87. The Balaban J connectivity index is 1.58. The highest BCUT2D eigenvalue weighted by molar-refractivity contribution is 7.07. The van der Waals surface area contributed by atoms with Crippen molar-refractivity contribution < 1.29 is 14.9 Å². The molecule has 4 nitrogen and oxygen atoms in total. The summed E-state index contributed by atoms with van der Waals surface area (Å²) in [4.78, 5) is 0. The van der Waals surface area contributed by atoms with E-state index in [2.05, 4.69) is 12.2 Å². The predicted molar refractivity (Wildman–Crippen MR) is 85.5 cm³/mol. The van der Waals surface area contributed by atoms with Crippen LogP contribution >= 0.6 is 11.3 Å². The molecule has 120 valence electrons. The molecule has 1 aromatic rings. The molecule has 1 aromatic heterocycles. The number of aliphatic hydroxyl groups is 2. The number of ether oxygens (including phenoxy) is 1. The fourth-order valence-electron chi connectivity index (χ4n) is 2.79. The zero-order chi connectivity index (χ0) is 15.1. The SMILES string of the molecule is CC1CCCCC1OCC(O)CNCC(O)c1ccsc1. The van der Waals surface area contributed by atoms with Gasteiger partial charge in [-0.05, 0) is 41.1 Å². The van der Waals surface area contributed by atoms with Crippen LogP contribution in [0, 0.1) is 5.92 Å². The Morgan fingerprint density at radius 3 is 2.86 bits per heavy atom. The van der Waals surface area contributed by atoms with Crippen LogP contribution in [0.2, 0.25) is 0 Å². The van der Waals surface area contributed by atoms with E-state index >= 15 is 0 Å². The van der Waals surface area contributed by atoms with Crippen molar-refractivity contribution in [1.29, 1.82) is 0 Å². The second-order valence-corrected chi connectivity index (χ2v) is 6.80. The molecule has 5 heteroatoms. The molecule has 0 bridgehead atoms. The van der Waals surface area contributed by atoms with E-state index < -0.39 is 12.2 Å². The third-order valence-corrected chi connectivity index (χ3v) is 4.88. The van der Waals surface area contributed by atoms with E-state index in [9.17, 15) is 10.2 Å². The van der Waals surface area contributed by atoms with Gasteiger partial charge in [-0.1, -0.05) is 19.8 Å². The van der Waals surface area contributed by atoms with Crippen molar-refractivity contribution in [3.8, 4) is 0 Å². The molecule has 1 aliphatic carbocycles. The van der Waals surface area contributed by atoms with Gasteiger partial charge >= 0.3 is 0 Å². The summed E-state index contributed by atoms with van der Waals surface area (Å²) in [6.45, 7) is 3.50. The van der Waals surface area contributed by atoms with Crippen LogP contribution < -0.4 is 5.32 Å². The number of thiophene rings is 1. The molecule has 0 aliphatic heterocycles. The van der Waals surface area contributed by atoms with Crippen LogP contribution in [-0.2, 0) is 4.74 Å². The van der Waals surface area contributed by atoms with Gasteiger partial charge in [0.25, 0.3) is 0 Å². The fraction of sp³-hybridized carbons (Fsp3) is 0.750. The summed E-state index contributed by atoms with van der Waals surface area (Å²) in [6, 6.07) is 1.92. The van der Waals surface area contributed by atoms with Crippen LogP contribution in [0.5, 0.6) is 0 Å². The number of rotatable bonds is 8. The van der Waals surface area contributed by atoms with Gasteiger partial charge in [-0.15, -0.1) is 0 Å². The van der Waals surface area contributed by atoms with E-state index in [0.29, 0.717) is 31.7 Å². The van der Waals surface area contributed by atoms with Gasteiger partial charge in [-0.2, -0.15) is 11.3 Å². The van der Waals surface area contributed by atoms with Crippen molar-refractivity contribution >= 4 is 11.3 Å². The summed E-state index contributed by atoms with van der Waals surface area (Å²) in [5.74, 6) is 0.597. The van der Waals surface area contributed by atoms with E-state index in [1.807, 2.05) is 16.8 Å². The van der Waals surface area contributed by atoms with Crippen molar-refractivity contribution in [1.82, 2.24) is 5.32 Å². The molecule has 1 heterocycles. The molecular weight excluding hydrogens is 286 g/mol. The van der Waals surface area contributed by atoms with Gasteiger partial charge in [0.15, 0.2) is 0 Å². The van der Waals surface area contributed by atoms with Gasteiger partial charge in [0.05, 0.1) is 24.9 Å². The normalized spacial score (nSPS) is 25.7. The lowest BCUT2D eigenvalue weighted by molar-refractivity contribution is -0.0455. The first kappa shape index (κ1) is 16.9. The van der Waals surface area contributed by atoms with Crippen LogP contribution in [0.1, 0.15) is 44.3 Å². The zero-order valence-corrected chi connectivity index (χ0v) is 13.5. The summed E-state index contributed by atoms with van der Waals surface area (Å²) in [7, 11) is 0. The average molecular weight is 313 g/mol. The topological polar surface area (TPSA) is 61.7 Å². The standard InChI is InChI=1S/C16H27NO3S/c1-12-4-2-3-5-16(12)20-10-14(18)8-17-9-15(19)13-6-7-21-11-13/h6-7,11-12,14-19H,2-5,8-10H2,1H3. The van der Waals surface area contributed by atoms with Crippen LogP contribution in [0.25, 0.3) is 0 Å². The third kappa shape index (κ3) is 5.68. The lowest BCUT2D eigenvalue weighted by Gasteiger charge is -2.29. The Kier molecular flexibility index (Phi) is 7.13. The minimum atomic E-state index is -0.520. The predicted octanol–water partition coefficient (Wildman–Crippen LogP) is 2.33. The molecule has 0 radical (unpaired) electrons. The summed E-state index contributed by atoms with van der Waals surface area (Å²) < 4.78 is 5.84. The largest absolute Gasteiger partial charge is 0.389 e. The smallest absolute Gasteiger partial charge is 0.0922 e. The summed E-state index contributed by atoms with van der Waals surface area (Å²) >= 11 is 1.57. The number of hydrogen-bond acceptors (Lipinski definition) is 5. The molecule has 21 heavy (non-hydrogen) atoms. The Labute approximate surface area is 131 Å². The molecule has 4 atom stereocenters. The van der Waals surface area contributed by atoms with Crippen LogP contribution in [0.4, 0.5) is 0 Å². The van der Waals surface area contributed by atoms with E-state index in [4.69, 9.17) is 4.74 Å². The molecule has 0 aromatic carbocycles. The molecular formula is C16H27NO3S. The van der Waals surface area contributed by atoms with Crippen LogP contribution in [0.3, 0.4) is 0 Å². The molecule has 0 spiro atoms. The Morgan fingerprint density at radius 2 is 2.14 bits per heavy atom. The van der Waals surface area contributed by atoms with Gasteiger partial charge < -0.3 is 20.3 Å². The summed E-state index contributed by atoms with van der Waals surface area (Å²) in [6.07, 6.45) is 4.13. The number of hydrogen-bond donors (Lipinski definition) is 3. The maximum absolute atomic E-state index is 9.94. The highest BCUT2D eigenvalue weighted by Gasteiger charge is 2.22. The van der Waals surface area contributed by atoms with E-state index in [-0.39, 0.29) is 0 Å². The first-order chi connectivity index (χ1) is 10.2. The minimum Gasteiger partial charge on any atom is -0.389 e. The Bertz CT molecular complexity index is 385. The van der Waals surface area contributed by atoms with Crippen molar-refractivity contribution in [2.75, 3.05) is 19.7 Å². The molecule has 0 amide bonds. The fourth-order valence-corrected chi connectivity index (χ4v) is 3.50. The van der Waals surface area contributed by atoms with Gasteiger partial charge in [0.1, 0.15) is 0 Å². The monoisotopic (exact) mass is 313 g/mol. The Hall–Kier alpha value is -0.460. The molecule has 2 rings (SSSR count). The second-order valence-electron chi connectivity index (χ2n) is 6.02. The molecule has 1 fully saturated rings. The molecule has 1 aliphatic rings. The molecule has 4 unspecified atom stereocenters. The first-order valence-corrected chi connectivity index (χ1v) is 8.81. The number of aliphatic hydroxyl groups excluding tert-OH is 2. The van der Waals surface area contributed by atoms with Crippen molar-refractivity contribution in [3.63, 3.8) is 0 Å².